The highest BCUT2D eigenvalue weighted by Gasteiger charge is 2.10. The Labute approximate surface area is 120 Å². The van der Waals surface area contributed by atoms with E-state index in [9.17, 15) is 4.79 Å². The Hall–Kier alpha value is -2.27. The Kier molecular flexibility index (Phi) is 3.43. The summed E-state index contributed by atoms with van der Waals surface area (Å²) in [5, 5.41) is 2.85. The van der Waals surface area contributed by atoms with Crippen LogP contribution in [0, 0.1) is 0 Å². The molecule has 0 spiro atoms. The van der Waals surface area contributed by atoms with Gasteiger partial charge in [-0.2, -0.15) is 0 Å². The number of thioether (sulfide) groups is 1. The van der Waals surface area contributed by atoms with E-state index >= 15 is 0 Å². The molecule has 20 heavy (non-hydrogen) atoms. The van der Waals surface area contributed by atoms with Crippen LogP contribution in [0.2, 0.25) is 0 Å². The normalized spacial score (nSPS) is 10.7. The lowest BCUT2D eigenvalue weighted by molar-refractivity contribution is 0.102. The first-order chi connectivity index (χ1) is 9.76. The van der Waals surface area contributed by atoms with E-state index in [0.29, 0.717) is 5.69 Å². The first kappa shape index (κ1) is 12.7. The maximum atomic E-state index is 12.1. The van der Waals surface area contributed by atoms with Crippen LogP contribution in [0.1, 0.15) is 10.5 Å². The number of pyridine rings is 1. The van der Waals surface area contributed by atoms with E-state index in [4.69, 9.17) is 0 Å². The fourth-order valence-electron chi connectivity index (χ4n) is 1.91. The summed E-state index contributed by atoms with van der Waals surface area (Å²) >= 11 is 1.67. The third-order valence-electron chi connectivity index (χ3n) is 2.94. The van der Waals surface area contributed by atoms with Crippen LogP contribution in [-0.2, 0) is 0 Å². The Morgan fingerprint density at radius 2 is 2.00 bits per heavy atom. The quantitative estimate of drug-likeness (QED) is 0.750. The van der Waals surface area contributed by atoms with Gasteiger partial charge in [-0.25, -0.2) is 4.98 Å². The minimum absolute atomic E-state index is 0.203. The van der Waals surface area contributed by atoms with Crippen molar-refractivity contribution in [1.29, 1.82) is 0 Å². The molecular formula is C15H13N3OS. The standard InChI is InChI=1S/C15H13N3OS/c1-20-12-7-5-11(6-8-12)16-15(19)13-10-18-9-3-2-4-14(18)17-13/h2-10H,1H3,(H,16,19). The number of carbonyl (C=O) groups is 1. The van der Waals surface area contributed by atoms with E-state index in [1.54, 1.807) is 18.0 Å². The van der Waals surface area contributed by atoms with E-state index in [1.807, 2.05) is 59.3 Å². The van der Waals surface area contributed by atoms with Crippen molar-refractivity contribution < 1.29 is 4.79 Å². The van der Waals surface area contributed by atoms with Gasteiger partial charge < -0.3 is 9.72 Å². The minimum Gasteiger partial charge on any atom is -0.321 e. The van der Waals surface area contributed by atoms with Gasteiger partial charge in [-0.15, -0.1) is 11.8 Å². The van der Waals surface area contributed by atoms with Crippen molar-refractivity contribution >= 4 is 29.0 Å². The van der Waals surface area contributed by atoms with Crippen molar-refractivity contribution in [3.05, 3.63) is 60.6 Å². The number of nitrogens with one attached hydrogen (secondary N) is 1. The van der Waals surface area contributed by atoms with Crippen molar-refractivity contribution in [2.45, 2.75) is 4.90 Å². The maximum absolute atomic E-state index is 12.1. The lowest BCUT2D eigenvalue weighted by atomic mass is 10.3. The number of hydrogen-bond donors (Lipinski definition) is 1. The number of nitrogens with zero attached hydrogens (tertiary/aromatic N) is 2. The van der Waals surface area contributed by atoms with Crippen molar-refractivity contribution in [1.82, 2.24) is 9.38 Å². The molecule has 3 aromatic rings. The van der Waals surface area contributed by atoms with Gasteiger partial charge in [0.15, 0.2) is 0 Å². The molecule has 2 heterocycles. The molecule has 0 aliphatic carbocycles. The van der Waals surface area contributed by atoms with Crippen molar-refractivity contribution in [2.24, 2.45) is 0 Å². The number of anilines is 1. The molecule has 2 aromatic heterocycles. The summed E-state index contributed by atoms with van der Waals surface area (Å²) < 4.78 is 1.83. The highest BCUT2D eigenvalue weighted by atomic mass is 32.2. The Balaban J connectivity index is 1.81. The minimum atomic E-state index is -0.203. The average molecular weight is 283 g/mol. The fourth-order valence-corrected chi connectivity index (χ4v) is 2.32. The molecule has 1 N–H and O–H groups in total. The van der Waals surface area contributed by atoms with Crippen LogP contribution in [0.15, 0.2) is 59.8 Å². The van der Waals surface area contributed by atoms with Crippen LogP contribution >= 0.6 is 11.8 Å². The van der Waals surface area contributed by atoms with Crippen molar-refractivity contribution in [2.75, 3.05) is 11.6 Å². The third-order valence-corrected chi connectivity index (χ3v) is 3.69. The fraction of sp³-hybridized carbons (Fsp3) is 0.0667. The summed E-state index contributed by atoms with van der Waals surface area (Å²) in [6.45, 7) is 0. The molecule has 1 amide bonds. The lowest BCUT2D eigenvalue weighted by Crippen LogP contribution is -2.12. The molecule has 1 aromatic carbocycles. The zero-order valence-corrected chi connectivity index (χ0v) is 11.7. The van der Waals surface area contributed by atoms with E-state index in [2.05, 4.69) is 10.3 Å². The second kappa shape index (κ2) is 5.38. The second-order valence-corrected chi connectivity index (χ2v) is 5.15. The molecule has 0 radical (unpaired) electrons. The molecule has 0 saturated heterocycles. The van der Waals surface area contributed by atoms with E-state index in [-0.39, 0.29) is 5.91 Å². The topological polar surface area (TPSA) is 46.4 Å². The van der Waals surface area contributed by atoms with Crippen LogP contribution in [0.25, 0.3) is 5.65 Å². The summed E-state index contributed by atoms with van der Waals surface area (Å²) in [5.41, 5.74) is 1.94. The van der Waals surface area contributed by atoms with Crippen molar-refractivity contribution in [3.8, 4) is 0 Å². The molecule has 0 bridgehead atoms. The maximum Gasteiger partial charge on any atom is 0.275 e. The lowest BCUT2D eigenvalue weighted by Gasteiger charge is -2.03. The molecule has 4 nitrogen and oxygen atoms in total. The van der Waals surface area contributed by atoms with E-state index in [0.717, 1.165) is 16.2 Å². The van der Waals surface area contributed by atoms with Gasteiger partial charge in [0.2, 0.25) is 0 Å². The summed E-state index contributed by atoms with van der Waals surface area (Å²) in [7, 11) is 0. The SMILES string of the molecule is CSc1ccc(NC(=O)c2cn3ccccc3n2)cc1. The van der Waals surface area contributed by atoms with Gasteiger partial charge in [0, 0.05) is 23.0 Å². The number of benzene rings is 1. The molecule has 5 heteroatoms. The number of imidazole rings is 1. The second-order valence-electron chi connectivity index (χ2n) is 4.27. The van der Waals surface area contributed by atoms with E-state index < -0.39 is 0 Å². The van der Waals surface area contributed by atoms with Gasteiger partial charge in [0.25, 0.3) is 5.91 Å². The van der Waals surface area contributed by atoms with Gasteiger partial charge in [0.1, 0.15) is 11.3 Å². The molecular weight excluding hydrogens is 270 g/mol. The molecule has 0 atom stereocenters. The highest BCUT2D eigenvalue weighted by Crippen LogP contribution is 2.18. The summed E-state index contributed by atoms with van der Waals surface area (Å²) in [5.74, 6) is -0.203. The molecule has 100 valence electrons. The van der Waals surface area contributed by atoms with Gasteiger partial charge >= 0.3 is 0 Å². The highest BCUT2D eigenvalue weighted by molar-refractivity contribution is 7.98. The molecule has 0 aliphatic heterocycles. The summed E-state index contributed by atoms with van der Waals surface area (Å²) in [6, 6.07) is 13.4. The van der Waals surface area contributed by atoms with E-state index in [1.165, 1.54) is 0 Å². The largest absolute Gasteiger partial charge is 0.321 e. The predicted molar refractivity (Wildman–Crippen MR) is 81.4 cm³/mol. The first-order valence-corrected chi connectivity index (χ1v) is 7.38. The molecule has 0 fully saturated rings. The van der Waals surface area contributed by atoms with Crippen LogP contribution in [-0.4, -0.2) is 21.5 Å². The van der Waals surface area contributed by atoms with Crippen LogP contribution < -0.4 is 5.32 Å². The number of hydrogen-bond acceptors (Lipinski definition) is 3. The molecule has 3 rings (SSSR count). The number of rotatable bonds is 3. The van der Waals surface area contributed by atoms with Crippen molar-refractivity contribution in [3.63, 3.8) is 0 Å². The molecule has 0 saturated carbocycles. The van der Waals surface area contributed by atoms with Gasteiger partial charge in [-0.3, -0.25) is 4.79 Å². The van der Waals surface area contributed by atoms with Crippen LogP contribution in [0.3, 0.4) is 0 Å². The zero-order valence-electron chi connectivity index (χ0n) is 10.9. The Morgan fingerprint density at radius 3 is 2.70 bits per heavy atom. The smallest absolute Gasteiger partial charge is 0.275 e. The summed E-state index contributed by atoms with van der Waals surface area (Å²) in [6.07, 6.45) is 5.61. The van der Waals surface area contributed by atoms with Crippen LogP contribution in [0.5, 0.6) is 0 Å². The van der Waals surface area contributed by atoms with Crippen LogP contribution in [0.4, 0.5) is 5.69 Å². The van der Waals surface area contributed by atoms with Gasteiger partial charge in [0.05, 0.1) is 0 Å². The average Bonchev–Trinajstić information content (AvgIpc) is 2.92. The molecule has 0 aliphatic rings. The number of aromatic nitrogens is 2. The van der Waals surface area contributed by atoms with Gasteiger partial charge in [-0.05, 0) is 42.7 Å². The monoisotopic (exact) mass is 283 g/mol. The number of carbonyl (C=O) groups excluding carboxylic acids is 1. The zero-order chi connectivity index (χ0) is 13.9. The predicted octanol–water partition coefficient (Wildman–Crippen LogP) is 3.31. The Morgan fingerprint density at radius 1 is 1.20 bits per heavy atom. The Bertz CT molecular complexity index is 716. The van der Waals surface area contributed by atoms with Gasteiger partial charge in [-0.1, -0.05) is 6.07 Å². The number of fused-ring (bicyclic) bond motifs is 1. The summed E-state index contributed by atoms with van der Waals surface area (Å²) in [4.78, 5) is 17.6. The first-order valence-electron chi connectivity index (χ1n) is 6.15. The third kappa shape index (κ3) is 2.53. The molecule has 0 unspecified atom stereocenters. The number of amides is 1.